The third kappa shape index (κ3) is 24.6. The Morgan fingerprint density at radius 2 is 0.583 bits per heavy atom. The summed E-state index contributed by atoms with van der Waals surface area (Å²) in [7, 11) is 4.94. The topological polar surface area (TPSA) is 283 Å². The number of fused-ring (bicyclic) bond motifs is 8. The summed E-state index contributed by atoms with van der Waals surface area (Å²) in [6.07, 6.45) is 8.38. The molecule has 748 valence electrons. The highest BCUT2D eigenvalue weighted by atomic mass is 16.5. The zero-order chi connectivity index (χ0) is 98.9. The average molecular weight is 1940 g/mol. The first-order valence-electron chi connectivity index (χ1n) is 51.1. The van der Waals surface area contributed by atoms with Crippen molar-refractivity contribution in [2.75, 3.05) is 166 Å². The van der Waals surface area contributed by atoms with Crippen LogP contribution in [0, 0.1) is 0 Å². The van der Waals surface area contributed by atoms with E-state index in [1.807, 2.05) is 71.6 Å². The van der Waals surface area contributed by atoms with Gasteiger partial charge in [0.25, 0.3) is 23.6 Å². The molecule has 0 saturated carbocycles. The zero-order valence-electron chi connectivity index (χ0n) is 82.4. The molecule has 144 heavy (non-hydrogen) atoms. The van der Waals surface area contributed by atoms with Crippen molar-refractivity contribution in [1.29, 1.82) is 0 Å². The van der Waals surface area contributed by atoms with Crippen LogP contribution in [-0.4, -0.2) is 268 Å². The Kier molecular flexibility index (Phi) is 32.4. The highest BCUT2D eigenvalue weighted by molar-refractivity contribution is 6.01. The average Bonchev–Trinajstić information content (AvgIpc) is 1.65. The Morgan fingerprint density at radius 3 is 0.875 bits per heavy atom. The monoisotopic (exact) mass is 1940 g/mol. The molecule has 4 atom stereocenters. The number of hydrogen-bond acceptors (Lipinski definition) is 21. The lowest BCUT2D eigenvalue weighted by Gasteiger charge is -2.33. The molecule has 4 aromatic heterocycles. The number of piperidine rings is 4. The molecule has 22 rings (SSSR count). The third-order valence-corrected chi connectivity index (χ3v) is 29.2. The van der Waals surface area contributed by atoms with E-state index in [1.54, 1.807) is 56.4 Å². The van der Waals surface area contributed by atoms with E-state index in [-0.39, 0.29) is 61.6 Å². The Hall–Kier alpha value is -13.4. The van der Waals surface area contributed by atoms with Gasteiger partial charge in [0, 0.05) is 97.8 Å². The lowest BCUT2D eigenvalue weighted by Crippen LogP contribution is -2.40. The van der Waals surface area contributed by atoms with Gasteiger partial charge in [0.2, 0.25) is 0 Å². The maximum atomic E-state index is 12.8. The van der Waals surface area contributed by atoms with Crippen molar-refractivity contribution >= 4 is 111 Å². The SMILES string of the molecule is CN(C)C(=O)c1cc2c(OC[C@@H](O)CN3CCC(c4ccc5ccccc5c4)CC3)cccc2o1.CNC(=O)c1cc2c(OC[C@@H](O)CN3CCC(c4ccc5ccccc5c4)CC3)cccc2o1.O=C(c1cc2c(OC[C@@H](O)CN3CCC(c4ccc5ccccc5c4)CC3)cccc2o1)N1CCCC1.O=C(c1cc2c(OC[C@@H](O)CN3CCC(c4ccc5ccccc5c4)CC3)cccc2o1)N1CCOCC1. The molecule has 6 aliphatic heterocycles. The second-order valence-electron chi connectivity index (χ2n) is 39.4. The van der Waals surface area contributed by atoms with Gasteiger partial charge in [-0.1, -0.05) is 194 Å². The smallest absolute Gasteiger partial charge is 0.289 e. The maximum absolute atomic E-state index is 12.8. The fourth-order valence-electron chi connectivity index (χ4n) is 21.2. The number of β-amino-alcohol motifs (C(OH)–C–C–N with tert-alkyl or cyclic N) is 4. The van der Waals surface area contributed by atoms with Crippen LogP contribution in [0.1, 0.15) is 152 Å². The number of aliphatic hydroxyl groups is 4. The highest BCUT2D eigenvalue weighted by Gasteiger charge is 2.32. The number of amides is 4. The summed E-state index contributed by atoms with van der Waals surface area (Å²) in [5, 5.41) is 58.6. The van der Waals surface area contributed by atoms with Crippen molar-refractivity contribution in [2.24, 2.45) is 0 Å². The molecule has 25 heteroatoms. The molecule has 16 aromatic rings. The van der Waals surface area contributed by atoms with Gasteiger partial charge in [-0.3, -0.25) is 19.2 Å². The summed E-state index contributed by atoms with van der Waals surface area (Å²) in [4.78, 5) is 64.0. The van der Waals surface area contributed by atoms with E-state index >= 15 is 0 Å². The van der Waals surface area contributed by atoms with E-state index in [0.29, 0.717) is 133 Å². The van der Waals surface area contributed by atoms with Gasteiger partial charge in [-0.05, 0) is 254 Å². The van der Waals surface area contributed by atoms with Crippen molar-refractivity contribution in [1.82, 2.24) is 39.6 Å². The molecule has 10 heterocycles. The predicted molar refractivity (Wildman–Crippen MR) is 564 cm³/mol. The van der Waals surface area contributed by atoms with Gasteiger partial charge in [-0.15, -0.1) is 0 Å². The van der Waals surface area contributed by atoms with E-state index in [4.69, 9.17) is 41.4 Å². The van der Waals surface area contributed by atoms with Gasteiger partial charge < -0.3 is 101 Å². The predicted octanol–water partition coefficient (Wildman–Crippen LogP) is 19.6. The zero-order valence-corrected chi connectivity index (χ0v) is 82.4. The van der Waals surface area contributed by atoms with Crippen LogP contribution in [0.25, 0.3) is 87.0 Å². The molecule has 12 aromatic carbocycles. The lowest BCUT2D eigenvalue weighted by atomic mass is 9.88. The number of rotatable bonds is 28. The first-order valence-corrected chi connectivity index (χ1v) is 51.1. The number of morpholine rings is 1. The van der Waals surface area contributed by atoms with Gasteiger partial charge in [0.05, 0.1) is 34.8 Å². The summed E-state index contributed by atoms with van der Waals surface area (Å²) >= 11 is 0. The minimum absolute atomic E-state index is 0.0632. The molecule has 0 unspecified atom stereocenters. The van der Waals surface area contributed by atoms with Crippen LogP contribution in [0.5, 0.6) is 23.0 Å². The minimum atomic E-state index is -0.608. The first kappa shape index (κ1) is 99.3. The van der Waals surface area contributed by atoms with Crippen LogP contribution >= 0.6 is 0 Å². The van der Waals surface area contributed by atoms with Crippen molar-refractivity contribution in [3.63, 3.8) is 0 Å². The Labute approximate surface area is 839 Å². The van der Waals surface area contributed by atoms with Crippen LogP contribution < -0.4 is 24.3 Å². The van der Waals surface area contributed by atoms with Crippen molar-refractivity contribution in [2.45, 2.75) is 112 Å². The molecular weight excluding hydrogens is 1810 g/mol. The number of carbonyl (C=O) groups is 4. The van der Waals surface area contributed by atoms with Crippen LogP contribution in [-0.2, 0) is 4.74 Å². The Balaban J connectivity index is 0.000000122. The van der Waals surface area contributed by atoms with E-state index in [0.717, 1.165) is 151 Å². The number of nitrogens with zero attached hydrogens (tertiary/aromatic N) is 7. The number of likely N-dealkylation sites (tertiary alicyclic amines) is 5. The van der Waals surface area contributed by atoms with Crippen molar-refractivity contribution < 1.29 is 81.0 Å². The molecule has 6 saturated heterocycles. The molecule has 6 aliphatic rings. The largest absolute Gasteiger partial charge is 0.490 e. The van der Waals surface area contributed by atoms with Gasteiger partial charge in [-0.2, -0.15) is 0 Å². The van der Waals surface area contributed by atoms with Gasteiger partial charge in [0.1, 0.15) is 96.2 Å². The molecule has 4 amide bonds. The summed E-state index contributed by atoms with van der Waals surface area (Å²) in [5.41, 5.74) is 8.05. The molecule has 25 nitrogen and oxygen atoms in total. The quantitative estimate of drug-likeness (QED) is 0.0305. The number of hydrogen-bond donors (Lipinski definition) is 5. The number of ether oxygens (including phenoxy) is 5. The molecule has 6 fully saturated rings. The number of benzene rings is 12. The van der Waals surface area contributed by atoms with Crippen molar-refractivity contribution in [3.8, 4) is 23.0 Å². The van der Waals surface area contributed by atoms with Crippen LogP contribution in [0.2, 0.25) is 0 Å². The number of aliphatic hydroxyl groups excluding tert-OH is 4. The molecule has 0 radical (unpaired) electrons. The Bertz CT molecular complexity index is 7060. The van der Waals surface area contributed by atoms with E-state index < -0.39 is 24.4 Å². The number of furan rings is 4. The van der Waals surface area contributed by atoms with E-state index in [2.05, 4.69) is 195 Å². The Morgan fingerprint density at radius 1 is 0.319 bits per heavy atom. The minimum Gasteiger partial charge on any atom is -0.490 e. The standard InChI is InChI=1S/C31H34N2O5.C31H34N2O4.C29H32N2O4.C28H30N2O4/c34-26(20-32-12-10-23(11-13-32)25-9-8-22-4-1-2-5-24(22)18-25)21-37-28-6-3-7-29-27(28)19-30(38-29)31(35)33-14-16-36-17-15-33;34-26(20-32-16-12-23(13-17-32)25-11-10-22-6-1-2-7-24(22)18-25)21-36-28-8-5-9-29-27(28)19-30(37-29)31(35)33-14-3-4-15-33;1-30(2)29(33)28-17-25-26(8-5-9-27(25)35-28)34-19-24(32)18-31-14-12-21(13-15-31)23-11-10-20-6-3-4-7-22(20)16-23;1-29-28(32)27-16-24-25(7-4-8-26(24)34-27)33-18-23(31)17-30-13-11-20(12-14-30)22-10-9-19-5-2-3-6-21(19)15-22/h1-9,18-19,23,26,34H,10-17,20-21H2;1-2,5-11,18-19,23,26,34H,3-4,12-17,20-21H2;3-11,16-17,21,24,32H,12-15,18-19H2,1-2H3;2-10,15-16,20,23,31H,11-14,17-18H2,1H3,(H,29,32)/t2*26-;24-;23-/m0000/s1. The van der Waals surface area contributed by atoms with Crippen molar-refractivity contribution in [3.05, 3.63) is 312 Å². The van der Waals surface area contributed by atoms with E-state index in [9.17, 15) is 39.6 Å². The molecule has 0 spiro atoms. The van der Waals surface area contributed by atoms with Crippen LogP contribution in [0.4, 0.5) is 0 Å². The highest BCUT2D eigenvalue weighted by Crippen LogP contribution is 2.40. The maximum Gasteiger partial charge on any atom is 0.289 e. The number of nitrogens with one attached hydrogen (secondary N) is 1. The van der Waals surface area contributed by atoms with Gasteiger partial charge in [-0.25, -0.2) is 0 Å². The third-order valence-electron chi connectivity index (χ3n) is 29.2. The van der Waals surface area contributed by atoms with Crippen LogP contribution in [0.3, 0.4) is 0 Å². The molecule has 0 aliphatic carbocycles. The number of carbonyl (C=O) groups excluding carboxylic acids is 4. The fraction of sp³-hybridized carbons (Fsp3) is 0.361. The molecular formula is C119H130N8O17. The second kappa shape index (κ2) is 47.0. The lowest BCUT2D eigenvalue weighted by molar-refractivity contribution is 0.0284. The summed E-state index contributed by atoms with van der Waals surface area (Å²) in [6, 6.07) is 90.2. The fourth-order valence-corrected chi connectivity index (χ4v) is 21.2. The second-order valence-corrected chi connectivity index (χ2v) is 39.4. The van der Waals surface area contributed by atoms with Gasteiger partial charge in [0.15, 0.2) is 23.0 Å². The molecule has 0 bridgehead atoms. The summed E-state index contributed by atoms with van der Waals surface area (Å²) in [6.45, 7) is 14.5. The summed E-state index contributed by atoms with van der Waals surface area (Å²) < 4.78 is 52.2. The molecule has 5 N–H and O–H groups in total. The first-order chi connectivity index (χ1) is 70.3. The van der Waals surface area contributed by atoms with Gasteiger partial charge >= 0.3 is 0 Å². The normalized spacial score (nSPS) is 17.1. The van der Waals surface area contributed by atoms with Crippen LogP contribution in [0.15, 0.2) is 285 Å². The van der Waals surface area contributed by atoms with E-state index in [1.165, 1.54) is 70.2 Å². The summed E-state index contributed by atoms with van der Waals surface area (Å²) in [5.74, 6) is 5.17.